The summed E-state index contributed by atoms with van der Waals surface area (Å²) in [6.07, 6.45) is 0. The number of nitrogens with one attached hydrogen (secondary N) is 2. The van der Waals surface area contributed by atoms with E-state index in [0.29, 0.717) is 10.8 Å². The molecule has 1 amide bonds. The molecule has 0 aliphatic carbocycles. The van der Waals surface area contributed by atoms with E-state index in [-0.39, 0.29) is 28.3 Å². The first-order chi connectivity index (χ1) is 14.2. The van der Waals surface area contributed by atoms with Crippen LogP contribution in [0.2, 0.25) is 0 Å². The maximum absolute atomic E-state index is 12.5. The minimum atomic E-state index is -3.64. The molecule has 2 heterocycles. The molecule has 2 N–H and O–H groups in total. The molecule has 0 saturated carbocycles. The van der Waals surface area contributed by atoms with Crippen molar-refractivity contribution in [3.05, 3.63) is 23.5 Å². The standard InChI is InChI=1S/C20H27BN2O7S/c1-8-31(26,27)23-14-10-15-12(16(18(25)22-7)17(28-15)11(2)24)9-13(14)21-29-19(3,4)20(5,6)30-21/h9-10,23H,8H2,1-7H3,(H,22,25). The van der Waals surface area contributed by atoms with Crippen LogP contribution in [0.3, 0.4) is 0 Å². The number of amides is 1. The molecule has 1 aromatic heterocycles. The van der Waals surface area contributed by atoms with Gasteiger partial charge in [0.15, 0.2) is 11.5 Å². The lowest BCUT2D eigenvalue weighted by Gasteiger charge is -2.32. The highest BCUT2D eigenvalue weighted by Gasteiger charge is 2.52. The van der Waals surface area contributed by atoms with E-state index in [9.17, 15) is 18.0 Å². The molecule has 31 heavy (non-hydrogen) atoms. The van der Waals surface area contributed by atoms with E-state index in [4.69, 9.17) is 13.7 Å². The van der Waals surface area contributed by atoms with E-state index in [1.807, 2.05) is 27.7 Å². The molecule has 11 heteroatoms. The van der Waals surface area contributed by atoms with Crippen molar-refractivity contribution in [3.63, 3.8) is 0 Å². The third-order valence-corrected chi connectivity index (χ3v) is 7.08. The van der Waals surface area contributed by atoms with Crippen LogP contribution < -0.4 is 15.5 Å². The second kappa shape index (κ2) is 7.65. The lowest BCUT2D eigenvalue weighted by molar-refractivity contribution is 0.00578. The van der Waals surface area contributed by atoms with Crippen molar-refractivity contribution in [2.24, 2.45) is 0 Å². The number of fused-ring (bicyclic) bond motifs is 1. The van der Waals surface area contributed by atoms with Crippen molar-refractivity contribution in [2.45, 2.75) is 52.7 Å². The summed E-state index contributed by atoms with van der Waals surface area (Å²) in [5.74, 6) is -1.17. The van der Waals surface area contributed by atoms with Crippen molar-refractivity contribution in [1.82, 2.24) is 5.32 Å². The van der Waals surface area contributed by atoms with Gasteiger partial charge in [-0.3, -0.25) is 14.3 Å². The predicted octanol–water partition coefficient (Wildman–Crippen LogP) is 2.06. The molecule has 1 aromatic carbocycles. The summed E-state index contributed by atoms with van der Waals surface area (Å²) in [5.41, 5.74) is -0.495. The molecule has 0 spiro atoms. The monoisotopic (exact) mass is 450 g/mol. The first-order valence-electron chi connectivity index (χ1n) is 9.92. The first kappa shape index (κ1) is 23.3. The van der Waals surface area contributed by atoms with Gasteiger partial charge in [0.05, 0.1) is 28.2 Å². The van der Waals surface area contributed by atoms with E-state index in [2.05, 4.69) is 10.0 Å². The number of carbonyl (C=O) groups is 2. The Bertz CT molecular complexity index is 1150. The van der Waals surface area contributed by atoms with E-state index in [1.54, 1.807) is 6.07 Å². The van der Waals surface area contributed by atoms with Crippen LogP contribution in [0, 0.1) is 0 Å². The summed E-state index contributed by atoms with van der Waals surface area (Å²) in [5, 5.41) is 2.86. The quantitative estimate of drug-likeness (QED) is 0.510. The van der Waals surface area contributed by atoms with Crippen molar-refractivity contribution < 1.29 is 31.7 Å². The molecule has 0 unspecified atom stereocenters. The molecule has 1 fully saturated rings. The number of Topliss-reactive ketones (excluding diaryl/α,β-unsaturated/α-hetero) is 1. The topological polar surface area (TPSA) is 124 Å². The maximum atomic E-state index is 12.5. The summed E-state index contributed by atoms with van der Waals surface area (Å²) in [6.45, 7) is 10.3. The number of carbonyl (C=O) groups excluding carboxylic acids is 2. The van der Waals surface area contributed by atoms with Gasteiger partial charge in [-0.25, -0.2) is 8.42 Å². The fraction of sp³-hybridized carbons (Fsp3) is 0.500. The molecule has 0 radical (unpaired) electrons. The third kappa shape index (κ3) is 4.09. The van der Waals surface area contributed by atoms with Crippen molar-refractivity contribution >= 4 is 51.0 Å². The predicted molar refractivity (Wildman–Crippen MR) is 118 cm³/mol. The third-order valence-electron chi connectivity index (χ3n) is 5.79. The van der Waals surface area contributed by atoms with E-state index < -0.39 is 40.0 Å². The van der Waals surface area contributed by atoms with Crippen LogP contribution in [0.25, 0.3) is 11.0 Å². The Hall–Kier alpha value is -2.37. The Morgan fingerprint density at radius 1 is 1.10 bits per heavy atom. The summed E-state index contributed by atoms with van der Waals surface area (Å²) in [6, 6.07) is 3.02. The molecule has 0 atom stereocenters. The van der Waals surface area contributed by atoms with Gasteiger partial charge in [0.25, 0.3) is 5.91 Å². The van der Waals surface area contributed by atoms with Gasteiger partial charge in [-0.1, -0.05) is 0 Å². The Kier molecular flexibility index (Phi) is 5.75. The van der Waals surface area contributed by atoms with Crippen LogP contribution in [0.1, 0.15) is 62.5 Å². The van der Waals surface area contributed by atoms with Gasteiger partial charge < -0.3 is 19.0 Å². The van der Waals surface area contributed by atoms with Gasteiger partial charge in [0.1, 0.15) is 5.58 Å². The van der Waals surface area contributed by atoms with Crippen LogP contribution in [-0.2, 0) is 19.3 Å². The van der Waals surface area contributed by atoms with Crippen molar-refractivity contribution in [3.8, 4) is 0 Å². The Morgan fingerprint density at radius 2 is 1.68 bits per heavy atom. The molecule has 1 aliphatic rings. The Morgan fingerprint density at radius 3 is 2.16 bits per heavy atom. The maximum Gasteiger partial charge on any atom is 0.497 e. The average Bonchev–Trinajstić information content (AvgIpc) is 3.13. The van der Waals surface area contributed by atoms with Crippen LogP contribution >= 0.6 is 0 Å². The molecule has 2 aromatic rings. The summed E-state index contributed by atoms with van der Waals surface area (Å²) in [7, 11) is -3.10. The fourth-order valence-electron chi connectivity index (χ4n) is 3.25. The minimum Gasteiger partial charge on any atom is -0.452 e. The zero-order valence-corrected chi connectivity index (χ0v) is 19.5. The second-order valence-corrected chi connectivity index (χ2v) is 10.5. The number of anilines is 1. The Balaban J connectivity index is 2.29. The summed E-state index contributed by atoms with van der Waals surface area (Å²) < 4.78 is 45.0. The van der Waals surface area contributed by atoms with E-state index >= 15 is 0 Å². The molecule has 0 bridgehead atoms. The SMILES string of the molecule is CCS(=O)(=O)Nc1cc2oc(C(C)=O)c(C(=O)NC)c2cc1B1OC(C)(C)C(C)(C)O1. The normalized spacial score (nSPS) is 17.7. The van der Waals surface area contributed by atoms with Crippen LogP contribution in [0.15, 0.2) is 16.5 Å². The van der Waals surface area contributed by atoms with Crippen LogP contribution in [0.4, 0.5) is 5.69 Å². The summed E-state index contributed by atoms with van der Waals surface area (Å²) >= 11 is 0. The van der Waals surface area contributed by atoms with Gasteiger partial charge in [0.2, 0.25) is 10.0 Å². The van der Waals surface area contributed by atoms with Crippen molar-refractivity contribution in [1.29, 1.82) is 0 Å². The molecule has 168 valence electrons. The highest BCUT2D eigenvalue weighted by atomic mass is 32.2. The highest BCUT2D eigenvalue weighted by Crippen LogP contribution is 2.38. The number of hydrogen-bond donors (Lipinski definition) is 2. The van der Waals surface area contributed by atoms with E-state index in [0.717, 1.165) is 0 Å². The number of hydrogen-bond acceptors (Lipinski definition) is 7. The zero-order valence-electron chi connectivity index (χ0n) is 18.7. The minimum absolute atomic E-state index is 0.0765. The summed E-state index contributed by atoms with van der Waals surface area (Å²) in [4.78, 5) is 24.6. The molecular weight excluding hydrogens is 423 g/mol. The van der Waals surface area contributed by atoms with Gasteiger partial charge in [-0.2, -0.15) is 0 Å². The Labute approximate surface area is 182 Å². The highest BCUT2D eigenvalue weighted by molar-refractivity contribution is 7.92. The zero-order chi connectivity index (χ0) is 23.4. The van der Waals surface area contributed by atoms with Crippen molar-refractivity contribution in [2.75, 3.05) is 17.5 Å². The first-order valence-corrected chi connectivity index (χ1v) is 11.6. The molecular formula is C20H27BN2O7S. The largest absolute Gasteiger partial charge is 0.497 e. The lowest BCUT2D eigenvalue weighted by atomic mass is 9.77. The lowest BCUT2D eigenvalue weighted by Crippen LogP contribution is -2.41. The smallest absolute Gasteiger partial charge is 0.452 e. The molecule has 9 nitrogen and oxygen atoms in total. The molecule has 1 aliphatic heterocycles. The number of sulfonamides is 1. The molecule has 1 saturated heterocycles. The van der Waals surface area contributed by atoms with Crippen LogP contribution in [0.5, 0.6) is 0 Å². The van der Waals surface area contributed by atoms with Gasteiger partial charge in [-0.05, 0) is 40.7 Å². The number of ketones is 1. The van der Waals surface area contributed by atoms with Crippen LogP contribution in [-0.4, -0.2) is 51.2 Å². The fourth-order valence-corrected chi connectivity index (χ4v) is 3.91. The van der Waals surface area contributed by atoms with Gasteiger partial charge in [-0.15, -0.1) is 0 Å². The number of rotatable bonds is 6. The average molecular weight is 450 g/mol. The number of furan rings is 1. The second-order valence-electron chi connectivity index (χ2n) is 8.47. The van der Waals surface area contributed by atoms with E-state index in [1.165, 1.54) is 27.0 Å². The number of benzene rings is 1. The molecule has 3 rings (SSSR count). The van der Waals surface area contributed by atoms with Gasteiger partial charge >= 0.3 is 7.12 Å². The van der Waals surface area contributed by atoms with Gasteiger partial charge in [0, 0.05) is 30.9 Å².